The number of aliphatic hydroxyl groups is 13. The van der Waals surface area contributed by atoms with Crippen LogP contribution in [0.15, 0.2) is 0 Å². The van der Waals surface area contributed by atoms with Crippen LogP contribution in [-0.4, -0.2) is 210 Å². The molecule has 19 atom stereocenters. The summed E-state index contributed by atoms with van der Waals surface area (Å²) in [7, 11) is 0. The third-order valence-electron chi connectivity index (χ3n) is 7.84. The molecule has 20 heteroatoms. The van der Waals surface area contributed by atoms with E-state index in [-0.39, 0.29) is 0 Å². The van der Waals surface area contributed by atoms with Gasteiger partial charge in [-0.1, -0.05) is 0 Å². The summed E-state index contributed by atoms with van der Waals surface area (Å²) in [6.45, 7) is -2.92. The van der Waals surface area contributed by atoms with Gasteiger partial charge in [-0.25, -0.2) is 0 Å². The summed E-state index contributed by atoms with van der Waals surface area (Å²) < 4.78 is 37.5. The van der Waals surface area contributed by atoms with Crippen molar-refractivity contribution < 1.29 is 99.5 Å². The first-order chi connectivity index (χ1) is 20.3. The fraction of sp³-hybridized carbons (Fsp3) is 1.00. The van der Waals surface area contributed by atoms with E-state index in [1.54, 1.807) is 0 Å². The molecule has 4 saturated heterocycles. The summed E-state index contributed by atoms with van der Waals surface area (Å²) in [5.74, 6) is 0. The Kier molecular flexibility index (Phi) is 12.0. The molecule has 0 aromatic heterocycles. The van der Waals surface area contributed by atoms with Crippen LogP contribution < -0.4 is 0 Å². The van der Waals surface area contributed by atoms with Crippen LogP contribution in [0.3, 0.4) is 0 Å². The van der Waals surface area contributed by atoms with Crippen LogP contribution in [0.5, 0.6) is 0 Å². The van der Waals surface area contributed by atoms with Crippen LogP contribution in [0.25, 0.3) is 0 Å². The van der Waals surface area contributed by atoms with Crippen molar-refractivity contribution in [1.82, 2.24) is 0 Å². The second-order valence-electron chi connectivity index (χ2n) is 10.7. The van der Waals surface area contributed by atoms with Gasteiger partial charge in [0.2, 0.25) is 0 Å². The quantitative estimate of drug-likeness (QED) is 0.112. The Balaban J connectivity index is 1.41. The SMILES string of the molecule is OCC1OC(OC2C(CO)OC(OC3C(CO)OC(OC4COC(O)C(O)C4O)C(O)C3O)C(O)C2O)C(O)C(O)C1O. The van der Waals surface area contributed by atoms with Gasteiger partial charge in [-0.2, -0.15) is 0 Å². The minimum atomic E-state index is -1.99. The van der Waals surface area contributed by atoms with Crippen molar-refractivity contribution in [3.8, 4) is 0 Å². The van der Waals surface area contributed by atoms with Crippen LogP contribution in [0.4, 0.5) is 0 Å². The highest BCUT2D eigenvalue weighted by Crippen LogP contribution is 2.33. The van der Waals surface area contributed by atoms with Gasteiger partial charge in [0, 0.05) is 0 Å². The van der Waals surface area contributed by atoms with Gasteiger partial charge in [0.1, 0.15) is 91.6 Å². The maximum Gasteiger partial charge on any atom is 0.187 e. The van der Waals surface area contributed by atoms with Crippen molar-refractivity contribution in [3.05, 3.63) is 0 Å². The van der Waals surface area contributed by atoms with E-state index in [0.29, 0.717) is 0 Å². The third kappa shape index (κ3) is 7.13. The van der Waals surface area contributed by atoms with E-state index in [0.717, 1.165) is 0 Å². The van der Waals surface area contributed by atoms with Crippen LogP contribution in [0.2, 0.25) is 0 Å². The van der Waals surface area contributed by atoms with Gasteiger partial charge in [-0.05, 0) is 0 Å². The topological polar surface area (TPSA) is 328 Å². The summed E-state index contributed by atoms with van der Waals surface area (Å²) >= 11 is 0. The standard InChI is InChI=1S/C23H40O20/c24-1-5-9(27)11(29)15(33)22(38-5)42-19-7(3-26)40-23(17(35)13(19)31)43-18-6(2-25)39-21(16(34)12(18)30)41-8-4-37-20(36)14(32)10(8)28/h5-36H,1-4H2. The number of hydrogen-bond acceptors (Lipinski definition) is 20. The minimum absolute atomic E-state index is 0.430. The van der Waals surface area contributed by atoms with Crippen molar-refractivity contribution in [2.45, 2.75) is 117 Å². The first kappa shape index (κ1) is 35.1. The Labute approximate surface area is 243 Å². The second kappa shape index (κ2) is 14.7. The number of hydrogen-bond donors (Lipinski definition) is 13. The molecular formula is C23H40O20. The van der Waals surface area contributed by atoms with Gasteiger partial charge in [-0.15, -0.1) is 0 Å². The van der Waals surface area contributed by atoms with E-state index in [1.807, 2.05) is 0 Å². The maximum absolute atomic E-state index is 10.8. The monoisotopic (exact) mass is 636 g/mol. The van der Waals surface area contributed by atoms with E-state index in [2.05, 4.69) is 0 Å². The highest BCUT2D eigenvalue weighted by molar-refractivity contribution is 4.97. The van der Waals surface area contributed by atoms with Crippen molar-refractivity contribution >= 4 is 0 Å². The molecule has 4 aliphatic rings. The van der Waals surface area contributed by atoms with Crippen molar-refractivity contribution in [2.24, 2.45) is 0 Å². The van der Waals surface area contributed by atoms with Gasteiger partial charge < -0.3 is 99.5 Å². The summed E-state index contributed by atoms with van der Waals surface area (Å²) in [4.78, 5) is 0. The summed E-state index contributed by atoms with van der Waals surface area (Å²) in [6.07, 6.45) is -32.5. The molecule has 4 heterocycles. The van der Waals surface area contributed by atoms with Gasteiger partial charge >= 0.3 is 0 Å². The summed E-state index contributed by atoms with van der Waals surface area (Å²) in [5.41, 5.74) is 0. The Morgan fingerprint density at radius 1 is 0.442 bits per heavy atom. The molecule has 19 unspecified atom stereocenters. The average molecular weight is 637 g/mol. The Hall–Kier alpha value is -0.800. The Bertz CT molecular complexity index is 865. The fourth-order valence-electron chi connectivity index (χ4n) is 5.23. The van der Waals surface area contributed by atoms with Crippen molar-refractivity contribution in [1.29, 1.82) is 0 Å². The fourth-order valence-corrected chi connectivity index (χ4v) is 5.23. The molecule has 43 heavy (non-hydrogen) atoms. The highest BCUT2D eigenvalue weighted by Gasteiger charge is 2.54. The molecule has 20 nitrogen and oxygen atoms in total. The van der Waals surface area contributed by atoms with Crippen LogP contribution in [-0.2, 0) is 33.2 Å². The molecule has 13 N–H and O–H groups in total. The van der Waals surface area contributed by atoms with E-state index in [4.69, 9.17) is 33.2 Å². The molecule has 0 aromatic rings. The zero-order valence-corrected chi connectivity index (χ0v) is 22.5. The summed E-state index contributed by atoms with van der Waals surface area (Å²) in [5, 5.41) is 132. The molecule has 0 spiro atoms. The Morgan fingerprint density at radius 3 is 1.33 bits per heavy atom. The minimum Gasteiger partial charge on any atom is -0.394 e. The van der Waals surface area contributed by atoms with Gasteiger partial charge in [-0.3, -0.25) is 0 Å². The number of aliphatic hydroxyl groups excluding tert-OH is 13. The molecule has 4 aliphatic heterocycles. The van der Waals surface area contributed by atoms with Crippen LogP contribution in [0, 0.1) is 0 Å². The van der Waals surface area contributed by atoms with Crippen LogP contribution >= 0.6 is 0 Å². The highest BCUT2D eigenvalue weighted by atomic mass is 16.8. The van der Waals surface area contributed by atoms with E-state index >= 15 is 0 Å². The molecule has 4 fully saturated rings. The lowest BCUT2D eigenvalue weighted by Gasteiger charge is -2.48. The van der Waals surface area contributed by atoms with Crippen LogP contribution in [0.1, 0.15) is 0 Å². The number of ether oxygens (including phenoxy) is 7. The van der Waals surface area contributed by atoms with Gasteiger partial charge in [0.15, 0.2) is 25.2 Å². The van der Waals surface area contributed by atoms with Gasteiger partial charge in [0.05, 0.1) is 26.4 Å². The zero-order chi connectivity index (χ0) is 31.7. The molecule has 0 bridgehead atoms. The molecule has 0 aromatic carbocycles. The predicted molar refractivity (Wildman–Crippen MR) is 128 cm³/mol. The molecule has 0 radical (unpaired) electrons. The lowest BCUT2D eigenvalue weighted by atomic mass is 9.96. The number of rotatable bonds is 9. The molecule has 0 saturated carbocycles. The van der Waals surface area contributed by atoms with E-state index < -0.39 is 143 Å². The molecule has 0 amide bonds. The molecule has 0 aliphatic carbocycles. The Morgan fingerprint density at radius 2 is 0.860 bits per heavy atom. The first-order valence-electron chi connectivity index (χ1n) is 13.5. The zero-order valence-electron chi connectivity index (χ0n) is 22.5. The molecular weight excluding hydrogens is 596 g/mol. The molecule has 252 valence electrons. The molecule has 4 rings (SSSR count). The van der Waals surface area contributed by atoms with E-state index in [1.165, 1.54) is 0 Å². The smallest absolute Gasteiger partial charge is 0.187 e. The second-order valence-corrected chi connectivity index (χ2v) is 10.7. The van der Waals surface area contributed by atoms with Gasteiger partial charge in [0.25, 0.3) is 0 Å². The largest absolute Gasteiger partial charge is 0.394 e. The van der Waals surface area contributed by atoms with Crippen molar-refractivity contribution in [2.75, 3.05) is 26.4 Å². The normalized spacial score (nSPS) is 53.1. The maximum atomic E-state index is 10.8. The summed E-state index contributed by atoms with van der Waals surface area (Å²) in [6, 6.07) is 0. The first-order valence-corrected chi connectivity index (χ1v) is 13.5. The lowest BCUT2D eigenvalue weighted by molar-refractivity contribution is -0.384. The van der Waals surface area contributed by atoms with E-state index in [9.17, 15) is 66.4 Å². The average Bonchev–Trinajstić information content (AvgIpc) is 3.00. The van der Waals surface area contributed by atoms with Crippen molar-refractivity contribution in [3.63, 3.8) is 0 Å². The predicted octanol–water partition coefficient (Wildman–Crippen LogP) is -9.11. The third-order valence-corrected chi connectivity index (χ3v) is 7.84. The lowest BCUT2D eigenvalue weighted by Crippen LogP contribution is -2.67.